The number of carbonyl (C=O) groups excluding carboxylic acids is 1. The quantitative estimate of drug-likeness (QED) is 0.652. The number of anilines is 1. The standard InChI is InChI=1S/C16H12ClNO5S2/c1-23-16(20)15-13(8-14(17)24-15)25(21,22)18-11-6-2-5-10-9(11)4-3-7-12(10)19/h2-8,18-19H,1H3. The highest BCUT2D eigenvalue weighted by atomic mass is 35.5. The lowest BCUT2D eigenvalue weighted by Crippen LogP contribution is -2.16. The number of methoxy groups -OCH3 is 1. The van der Waals surface area contributed by atoms with Crippen molar-refractivity contribution < 1.29 is 23.1 Å². The number of carbonyl (C=O) groups is 1. The van der Waals surface area contributed by atoms with Crippen molar-refractivity contribution >= 4 is 55.4 Å². The third-order valence-electron chi connectivity index (χ3n) is 3.47. The van der Waals surface area contributed by atoms with Gasteiger partial charge >= 0.3 is 5.97 Å². The Balaban J connectivity index is 2.10. The first-order chi connectivity index (χ1) is 11.8. The molecule has 130 valence electrons. The van der Waals surface area contributed by atoms with Gasteiger partial charge in [-0.1, -0.05) is 35.9 Å². The number of hydrogen-bond donors (Lipinski definition) is 2. The van der Waals surface area contributed by atoms with E-state index in [0.29, 0.717) is 10.8 Å². The van der Waals surface area contributed by atoms with Gasteiger partial charge in [0.1, 0.15) is 15.5 Å². The Morgan fingerprint density at radius 1 is 1.20 bits per heavy atom. The molecule has 0 saturated carbocycles. The van der Waals surface area contributed by atoms with E-state index in [1.807, 2.05) is 0 Å². The van der Waals surface area contributed by atoms with Crippen LogP contribution in [0.15, 0.2) is 47.4 Å². The van der Waals surface area contributed by atoms with Gasteiger partial charge in [-0.15, -0.1) is 11.3 Å². The number of hydrogen-bond acceptors (Lipinski definition) is 6. The van der Waals surface area contributed by atoms with E-state index in [1.54, 1.807) is 30.3 Å². The number of rotatable bonds is 4. The Morgan fingerprint density at radius 2 is 1.88 bits per heavy atom. The molecule has 0 saturated heterocycles. The molecule has 3 rings (SSSR count). The number of halogens is 1. The molecule has 3 aromatic rings. The van der Waals surface area contributed by atoms with Gasteiger partial charge < -0.3 is 9.84 Å². The molecule has 6 nitrogen and oxygen atoms in total. The summed E-state index contributed by atoms with van der Waals surface area (Å²) >= 11 is 6.70. The van der Waals surface area contributed by atoms with E-state index in [1.165, 1.54) is 12.1 Å². The van der Waals surface area contributed by atoms with Crippen LogP contribution in [-0.2, 0) is 14.8 Å². The van der Waals surface area contributed by atoms with Gasteiger partial charge in [-0.3, -0.25) is 4.72 Å². The highest BCUT2D eigenvalue weighted by molar-refractivity contribution is 7.93. The summed E-state index contributed by atoms with van der Waals surface area (Å²) in [5.74, 6) is -0.750. The van der Waals surface area contributed by atoms with Crippen LogP contribution >= 0.6 is 22.9 Å². The minimum absolute atomic E-state index is 0.0346. The molecule has 0 unspecified atom stereocenters. The van der Waals surface area contributed by atoms with Gasteiger partial charge in [0.15, 0.2) is 0 Å². The van der Waals surface area contributed by atoms with E-state index in [2.05, 4.69) is 9.46 Å². The van der Waals surface area contributed by atoms with E-state index in [9.17, 15) is 18.3 Å². The second kappa shape index (κ2) is 6.55. The molecular weight excluding hydrogens is 386 g/mol. The van der Waals surface area contributed by atoms with E-state index in [4.69, 9.17) is 11.6 Å². The number of thiophene rings is 1. The number of nitrogens with one attached hydrogen (secondary N) is 1. The molecule has 0 aliphatic carbocycles. The van der Waals surface area contributed by atoms with Crippen molar-refractivity contribution in [3.05, 3.63) is 51.7 Å². The summed E-state index contributed by atoms with van der Waals surface area (Å²) < 4.78 is 32.7. The van der Waals surface area contributed by atoms with Crippen LogP contribution in [0.25, 0.3) is 10.8 Å². The second-order valence-corrected chi connectivity index (χ2v) is 8.35. The first kappa shape index (κ1) is 17.5. The predicted octanol–water partition coefficient (Wildman–Crippen LogP) is 3.85. The number of ether oxygens (including phenoxy) is 1. The van der Waals surface area contributed by atoms with Crippen LogP contribution in [0.1, 0.15) is 9.67 Å². The van der Waals surface area contributed by atoms with Gasteiger partial charge in [-0.2, -0.15) is 0 Å². The van der Waals surface area contributed by atoms with Crippen molar-refractivity contribution in [1.82, 2.24) is 0 Å². The topological polar surface area (TPSA) is 92.7 Å². The zero-order valence-corrected chi connectivity index (χ0v) is 15.2. The van der Waals surface area contributed by atoms with Crippen molar-refractivity contribution in [1.29, 1.82) is 0 Å². The Labute approximate surface area is 152 Å². The Kier molecular flexibility index (Phi) is 4.59. The molecule has 0 aliphatic rings. The van der Waals surface area contributed by atoms with Crippen molar-refractivity contribution in [2.75, 3.05) is 11.8 Å². The summed E-state index contributed by atoms with van der Waals surface area (Å²) in [5, 5.41) is 10.9. The van der Waals surface area contributed by atoms with Gasteiger partial charge in [-0.05, 0) is 18.2 Å². The monoisotopic (exact) mass is 397 g/mol. The van der Waals surface area contributed by atoms with Crippen LogP contribution in [0.3, 0.4) is 0 Å². The maximum absolute atomic E-state index is 12.8. The number of sulfonamides is 1. The number of aromatic hydroxyl groups is 1. The molecule has 2 aromatic carbocycles. The third kappa shape index (κ3) is 3.28. The molecule has 0 aliphatic heterocycles. The first-order valence-electron chi connectivity index (χ1n) is 6.94. The van der Waals surface area contributed by atoms with E-state index in [0.717, 1.165) is 18.4 Å². The smallest absolute Gasteiger partial charge is 0.349 e. The molecule has 0 amide bonds. The highest BCUT2D eigenvalue weighted by Gasteiger charge is 2.27. The number of fused-ring (bicyclic) bond motifs is 1. The van der Waals surface area contributed by atoms with Gasteiger partial charge in [-0.25, -0.2) is 13.2 Å². The SMILES string of the molecule is COC(=O)c1sc(Cl)cc1S(=O)(=O)Nc1cccc2c(O)cccc12. The maximum Gasteiger partial charge on any atom is 0.349 e. The first-order valence-corrected chi connectivity index (χ1v) is 9.62. The third-order valence-corrected chi connectivity index (χ3v) is 6.23. The predicted molar refractivity (Wildman–Crippen MR) is 97.1 cm³/mol. The Bertz CT molecular complexity index is 1080. The molecule has 25 heavy (non-hydrogen) atoms. The van der Waals surface area contributed by atoms with Crippen molar-refractivity contribution in [3.8, 4) is 5.75 Å². The van der Waals surface area contributed by atoms with Gasteiger partial charge in [0, 0.05) is 10.8 Å². The normalized spacial score (nSPS) is 11.4. The van der Waals surface area contributed by atoms with Crippen molar-refractivity contribution in [2.45, 2.75) is 4.90 Å². The van der Waals surface area contributed by atoms with E-state index in [-0.39, 0.29) is 25.5 Å². The maximum atomic E-state index is 12.8. The summed E-state index contributed by atoms with van der Waals surface area (Å²) in [5.41, 5.74) is 0.270. The highest BCUT2D eigenvalue weighted by Crippen LogP contribution is 2.34. The van der Waals surface area contributed by atoms with Crippen molar-refractivity contribution in [3.63, 3.8) is 0 Å². The van der Waals surface area contributed by atoms with Crippen LogP contribution in [-0.4, -0.2) is 26.6 Å². The van der Waals surface area contributed by atoms with Gasteiger partial charge in [0.05, 0.1) is 17.1 Å². The molecule has 0 atom stereocenters. The average molecular weight is 398 g/mol. The lowest BCUT2D eigenvalue weighted by atomic mass is 10.1. The Morgan fingerprint density at radius 3 is 2.60 bits per heavy atom. The minimum atomic E-state index is -4.09. The van der Waals surface area contributed by atoms with Crippen molar-refractivity contribution in [2.24, 2.45) is 0 Å². The summed E-state index contributed by atoms with van der Waals surface area (Å²) in [6.45, 7) is 0. The minimum Gasteiger partial charge on any atom is -0.507 e. The van der Waals surface area contributed by atoms with Crippen LogP contribution in [0.2, 0.25) is 4.34 Å². The van der Waals surface area contributed by atoms with Gasteiger partial charge in [0.25, 0.3) is 10.0 Å². The van der Waals surface area contributed by atoms with Crippen LogP contribution in [0, 0.1) is 0 Å². The fourth-order valence-electron chi connectivity index (χ4n) is 2.36. The Hall–Kier alpha value is -2.29. The second-order valence-electron chi connectivity index (χ2n) is 5.02. The summed E-state index contributed by atoms with van der Waals surface area (Å²) in [4.78, 5) is 11.4. The lowest BCUT2D eigenvalue weighted by molar-refractivity contribution is 0.0602. The van der Waals surface area contributed by atoms with E-state index < -0.39 is 16.0 Å². The van der Waals surface area contributed by atoms with E-state index >= 15 is 0 Å². The number of phenolic OH excluding ortho intramolecular Hbond substituents is 1. The zero-order valence-electron chi connectivity index (χ0n) is 12.8. The number of esters is 1. The van der Waals surface area contributed by atoms with Crippen LogP contribution in [0.5, 0.6) is 5.75 Å². The molecule has 0 fully saturated rings. The van der Waals surface area contributed by atoms with Gasteiger partial charge in [0.2, 0.25) is 0 Å². The fraction of sp³-hybridized carbons (Fsp3) is 0.0625. The molecule has 0 radical (unpaired) electrons. The molecule has 9 heteroatoms. The molecule has 0 spiro atoms. The van der Waals surface area contributed by atoms with Crippen LogP contribution in [0.4, 0.5) is 5.69 Å². The summed E-state index contributed by atoms with van der Waals surface area (Å²) in [6, 6.07) is 10.8. The fourth-order valence-corrected chi connectivity index (χ4v) is 5.17. The lowest BCUT2D eigenvalue weighted by Gasteiger charge is -2.11. The summed E-state index contributed by atoms with van der Waals surface area (Å²) in [7, 11) is -2.93. The number of phenols is 1. The van der Waals surface area contributed by atoms with Crippen LogP contribution < -0.4 is 4.72 Å². The number of benzene rings is 2. The largest absolute Gasteiger partial charge is 0.507 e. The molecule has 1 heterocycles. The summed E-state index contributed by atoms with van der Waals surface area (Å²) in [6.07, 6.45) is 0. The molecule has 2 N–H and O–H groups in total. The molecular formula is C16H12ClNO5S2. The molecule has 1 aromatic heterocycles. The molecule has 0 bridgehead atoms. The average Bonchev–Trinajstić information content (AvgIpc) is 2.98. The zero-order chi connectivity index (χ0) is 18.2.